The smallest absolute Gasteiger partial charge is 0.346 e. The van der Waals surface area contributed by atoms with Crippen molar-refractivity contribution in [1.82, 2.24) is 0 Å². The van der Waals surface area contributed by atoms with E-state index in [2.05, 4.69) is 10.1 Å². The van der Waals surface area contributed by atoms with Crippen LogP contribution in [0.3, 0.4) is 0 Å². The van der Waals surface area contributed by atoms with Crippen LogP contribution in [0.25, 0.3) is 0 Å². The maximum atomic E-state index is 12.3. The molecule has 3 rings (SSSR count). The second kappa shape index (κ2) is 6.04. The Morgan fingerprint density at radius 3 is 2.42 bits per heavy atom. The second-order valence-electron chi connectivity index (χ2n) is 4.89. The van der Waals surface area contributed by atoms with E-state index in [0.717, 1.165) is 0 Å². The van der Waals surface area contributed by atoms with Crippen LogP contribution in [0.5, 0.6) is 0 Å². The highest BCUT2D eigenvalue weighted by Crippen LogP contribution is 2.23. The third kappa shape index (κ3) is 2.87. The number of ether oxygens (including phenoxy) is 1. The predicted molar refractivity (Wildman–Crippen MR) is 90.3 cm³/mol. The molecule has 1 heterocycles. The third-order valence-electron chi connectivity index (χ3n) is 3.37. The van der Waals surface area contributed by atoms with Gasteiger partial charge in [0.2, 0.25) is 0 Å². The third-order valence-corrected chi connectivity index (χ3v) is 4.04. The van der Waals surface area contributed by atoms with E-state index in [1.807, 2.05) is 22.6 Å². The Morgan fingerprint density at radius 2 is 1.71 bits per heavy atom. The number of anilines is 1. The molecule has 0 saturated heterocycles. The number of benzene rings is 2. The van der Waals surface area contributed by atoms with Gasteiger partial charge in [0.25, 0.3) is 5.91 Å². The Morgan fingerprint density at radius 1 is 1.00 bits per heavy atom. The SMILES string of the molecule is O=C(Nc1ccc(I)cc1C(=O)O)c1ccc2c(c1)C(=O)OC2=O. The maximum absolute atomic E-state index is 12.3. The average Bonchev–Trinajstić information content (AvgIpc) is 2.83. The molecule has 1 aliphatic heterocycles. The van der Waals surface area contributed by atoms with Gasteiger partial charge in [0.1, 0.15) is 0 Å². The standard InChI is InChI=1S/C16H8INO6/c17-8-2-4-12(11(6-8)14(20)21)18-13(19)7-1-3-9-10(5-7)16(23)24-15(9)22/h1-6H,(H,18,19)(H,20,21). The number of carboxylic acid groups (broad SMARTS) is 1. The number of carboxylic acids is 1. The van der Waals surface area contributed by atoms with Crippen molar-refractivity contribution in [2.24, 2.45) is 0 Å². The largest absolute Gasteiger partial charge is 0.478 e. The number of fused-ring (bicyclic) bond motifs is 1. The molecule has 0 bridgehead atoms. The Kier molecular flexibility index (Phi) is 4.06. The van der Waals surface area contributed by atoms with Crippen molar-refractivity contribution in [2.75, 3.05) is 5.32 Å². The van der Waals surface area contributed by atoms with Crippen LogP contribution in [0.15, 0.2) is 36.4 Å². The first-order valence-corrected chi connectivity index (χ1v) is 7.69. The van der Waals surface area contributed by atoms with Crippen molar-refractivity contribution in [3.8, 4) is 0 Å². The van der Waals surface area contributed by atoms with Crippen molar-refractivity contribution < 1.29 is 29.0 Å². The van der Waals surface area contributed by atoms with Crippen LogP contribution in [-0.4, -0.2) is 28.9 Å². The first-order chi connectivity index (χ1) is 11.4. The molecule has 0 saturated carbocycles. The number of carbonyl (C=O) groups is 4. The zero-order chi connectivity index (χ0) is 17.4. The van der Waals surface area contributed by atoms with Gasteiger partial charge in [-0.15, -0.1) is 0 Å². The van der Waals surface area contributed by atoms with E-state index in [1.54, 1.807) is 6.07 Å². The molecule has 8 heteroatoms. The van der Waals surface area contributed by atoms with Crippen molar-refractivity contribution >= 4 is 52.1 Å². The quantitative estimate of drug-likeness (QED) is 0.434. The van der Waals surface area contributed by atoms with Gasteiger partial charge >= 0.3 is 17.9 Å². The number of aromatic carboxylic acids is 1. The molecule has 0 aromatic heterocycles. The molecule has 2 aromatic rings. The van der Waals surface area contributed by atoms with E-state index < -0.39 is 23.8 Å². The molecule has 0 spiro atoms. The highest BCUT2D eigenvalue weighted by atomic mass is 127. The van der Waals surface area contributed by atoms with Crippen molar-refractivity contribution in [3.63, 3.8) is 0 Å². The summed E-state index contributed by atoms with van der Waals surface area (Å²) in [6.07, 6.45) is 0. The fourth-order valence-corrected chi connectivity index (χ4v) is 2.71. The lowest BCUT2D eigenvalue weighted by atomic mass is 10.0. The zero-order valence-corrected chi connectivity index (χ0v) is 14.0. The topological polar surface area (TPSA) is 110 Å². The molecule has 0 atom stereocenters. The van der Waals surface area contributed by atoms with Crippen LogP contribution in [-0.2, 0) is 4.74 Å². The summed E-state index contributed by atoms with van der Waals surface area (Å²) >= 11 is 1.97. The summed E-state index contributed by atoms with van der Waals surface area (Å²) in [5.41, 5.74) is 0.291. The first-order valence-electron chi connectivity index (χ1n) is 6.61. The average molecular weight is 437 g/mol. The van der Waals surface area contributed by atoms with Gasteiger partial charge in [-0.25, -0.2) is 14.4 Å². The fraction of sp³-hybridized carbons (Fsp3) is 0. The van der Waals surface area contributed by atoms with Gasteiger partial charge in [-0.05, 0) is 59.0 Å². The minimum Gasteiger partial charge on any atom is -0.478 e. The van der Waals surface area contributed by atoms with Crippen LogP contribution < -0.4 is 5.32 Å². The van der Waals surface area contributed by atoms with Gasteiger partial charge in [-0.1, -0.05) is 0 Å². The van der Waals surface area contributed by atoms with E-state index in [9.17, 15) is 24.3 Å². The van der Waals surface area contributed by atoms with E-state index in [-0.39, 0.29) is 27.9 Å². The molecule has 0 aliphatic carbocycles. The number of carbonyl (C=O) groups excluding carboxylic acids is 3. The van der Waals surface area contributed by atoms with Crippen molar-refractivity contribution in [3.05, 3.63) is 62.2 Å². The van der Waals surface area contributed by atoms with Gasteiger partial charge in [-0.3, -0.25) is 4.79 Å². The summed E-state index contributed by atoms with van der Waals surface area (Å²) in [7, 11) is 0. The van der Waals surface area contributed by atoms with Crippen LogP contribution in [0.1, 0.15) is 41.4 Å². The Labute approximate surface area is 148 Å². The summed E-state index contributed by atoms with van der Waals surface area (Å²) in [5.74, 6) is -3.35. The highest BCUT2D eigenvalue weighted by molar-refractivity contribution is 14.1. The molecule has 1 amide bonds. The number of nitrogens with one attached hydrogen (secondary N) is 1. The molecule has 2 N–H and O–H groups in total. The van der Waals surface area contributed by atoms with E-state index in [0.29, 0.717) is 3.57 Å². The van der Waals surface area contributed by atoms with Gasteiger partial charge < -0.3 is 15.2 Å². The molecule has 0 unspecified atom stereocenters. The molecular formula is C16H8INO6. The van der Waals surface area contributed by atoms with Crippen LogP contribution in [0, 0.1) is 3.57 Å². The first kappa shape index (κ1) is 16.1. The molecule has 120 valence electrons. The van der Waals surface area contributed by atoms with Crippen LogP contribution in [0.2, 0.25) is 0 Å². The van der Waals surface area contributed by atoms with Crippen molar-refractivity contribution in [2.45, 2.75) is 0 Å². The lowest BCUT2D eigenvalue weighted by molar-refractivity contribution is 0.0443. The zero-order valence-electron chi connectivity index (χ0n) is 11.8. The molecule has 0 fully saturated rings. The Bertz CT molecular complexity index is 921. The number of rotatable bonds is 3. The molecule has 7 nitrogen and oxygen atoms in total. The normalized spacial score (nSPS) is 12.5. The minimum absolute atomic E-state index is 0.00807. The summed E-state index contributed by atoms with van der Waals surface area (Å²) in [4.78, 5) is 46.5. The monoisotopic (exact) mass is 437 g/mol. The maximum Gasteiger partial charge on any atom is 0.346 e. The van der Waals surface area contributed by atoms with Gasteiger partial charge in [0.15, 0.2) is 0 Å². The predicted octanol–water partition coefficient (Wildman–Crippen LogP) is 2.55. The molecule has 2 aromatic carbocycles. The van der Waals surface area contributed by atoms with Crippen LogP contribution in [0.4, 0.5) is 5.69 Å². The lowest BCUT2D eigenvalue weighted by Crippen LogP contribution is -2.15. The lowest BCUT2D eigenvalue weighted by Gasteiger charge is -2.09. The molecular weight excluding hydrogens is 429 g/mol. The molecule has 1 aliphatic rings. The second-order valence-corrected chi connectivity index (χ2v) is 6.13. The number of amides is 1. The summed E-state index contributed by atoms with van der Waals surface area (Å²) < 4.78 is 5.17. The van der Waals surface area contributed by atoms with Gasteiger partial charge in [0, 0.05) is 9.13 Å². The van der Waals surface area contributed by atoms with Gasteiger partial charge in [0.05, 0.1) is 22.4 Å². The fourth-order valence-electron chi connectivity index (χ4n) is 2.22. The van der Waals surface area contributed by atoms with E-state index >= 15 is 0 Å². The van der Waals surface area contributed by atoms with Gasteiger partial charge in [-0.2, -0.15) is 0 Å². The minimum atomic E-state index is -1.17. The Hall–Kier alpha value is -2.75. The number of hydrogen-bond donors (Lipinski definition) is 2. The molecule has 24 heavy (non-hydrogen) atoms. The summed E-state index contributed by atoms with van der Waals surface area (Å²) in [6, 6.07) is 8.49. The van der Waals surface area contributed by atoms with E-state index in [1.165, 1.54) is 30.3 Å². The number of esters is 2. The molecule has 0 radical (unpaired) electrons. The number of cyclic esters (lactones) is 2. The Balaban J connectivity index is 1.92. The highest BCUT2D eigenvalue weighted by Gasteiger charge is 2.30. The summed E-state index contributed by atoms with van der Waals surface area (Å²) in [5, 5.41) is 11.7. The summed E-state index contributed by atoms with van der Waals surface area (Å²) in [6.45, 7) is 0. The van der Waals surface area contributed by atoms with E-state index in [4.69, 9.17) is 0 Å². The van der Waals surface area contributed by atoms with Crippen molar-refractivity contribution in [1.29, 1.82) is 0 Å². The van der Waals surface area contributed by atoms with Crippen LogP contribution >= 0.6 is 22.6 Å². The number of hydrogen-bond acceptors (Lipinski definition) is 5. The number of halogens is 1.